The number of alkyl halides is 5. The molecule has 1 aliphatic carbocycles. The lowest BCUT2D eigenvalue weighted by Gasteiger charge is -2.18. The third-order valence-corrected chi connectivity index (χ3v) is 5.72. The Morgan fingerprint density at radius 1 is 1.03 bits per heavy atom. The summed E-state index contributed by atoms with van der Waals surface area (Å²) in [6, 6.07) is 9.24. The van der Waals surface area contributed by atoms with Gasteiger partial charge in [-0.25, -0.2) is 18.7 Å². The maximum absolute atomic E-state index is 13.5. The molecule has 1 heterocycles. The van der Waals surface area contributed by atoms with Gasteiger partial charge >= 0.3 is 6.18 Å². The molecule has 1 saturated carbocycles. The molecular weight excluding hydrogens is 549 g/mol. The van der Waals surface area contributed by atoms with Crippen LogP contribution in [0.25, 0.3) is 0 Å². The fourth-order valence-electron chi connectivity index (χ4n) is 3.57. The van der Waals surface area contributed by atoms with Crippen LogP contribution in [-0.4, -0.2) is 40.4 Å². The molecule has 2 amide bonds. The number of hydrogen-bond donors (Lipinski definition) is 3. The molecule has 14 heteroatoms. The summed E-state index contributed by atoms with van der Waals surface area (Å²) in [5, 5.41) is 8.14. The molecule has 0 atom stereocenters. The largest absolute Gasteiger partial charge is 0.488 e. The van der Waals surface area contributed by atoms with Crippen molar-refractivity contribution in [2.75, 3.05) is 11.9 Å². The highest BCUT2D eigenvalue weighted by atomic mass is 35.5. The van der Waals surface area contributed by atoms with Crippen molar-refractivity contribution < 1.29 is 36.3 Å². The molecular formula is C25H23ClF5N5O3. The number of nitrogens with one attached hydrogen (secondary N) is 3. The molecule has 3 N–H and O–H groups in total. The smallest absolute Gasteiger partial charge is 0.418 e. The Balaban J connectivity index is 0.00000420. The molecule has 39 heavy (non-hydrogen) atoms. The van der Waals surface area contributed by atoms with E-state index in [2.05, 4.69) is 25.9 Å². The van der Waals surface area contributed by atoms with Crippen LogP contribution in [0.15, 0.2) is 61.2 Å². The topological polar surface area (TPSA) is 105 Å². The van der Waals surface area contributed by atoms with Gasteiger partial charge < -0.3 is 20.7 Å². The Hall–Kier alpha value is -4.00. The number of hydrogen-bond acceptors (Lipinski definition) is 6. The standard InChI is InChI=1S/C25H22F5N5O3.ClH/c26-21(27)13-38-18-5-6-20(19(9-18)25(28,29)30)34-17-3-1-15(2-4-17)10-33-23(37)24(7-8-24)35-22(36)16-11-31-14-32-12-16;/h1-6,9,11-12,14,21,34H,7-8,10,13H2,(H,33,37)(H,35,36);1H. The predicted octanol–water partition coefficient (Wildman–Crippen LogP) is 4.88. The van der Waals surface area contributed by atoms with Gasteiger partial charge in [0, 0.05) is 24.6 Å². The fourth-order valence-corrected chi connectivity index (χ4v) is 3.57. The molecule has 1 aromatic heterocycles. The van der Waals surface area contributed by atoms with Crippen molar-refractivity contribution in [2.24, 2.45) is 0 Å². The number of ether oxygens (including phenoxy) is 1. The summed E-state index contributed by atoms with van der Waals surface area (Å²) >= 11 is 0. The normalized spacial score (nSPS) is 13.7. The van der Waals surface area contributed by atoms with Crippen LogP contribution in [0.5, 0.6) is 5.75 Å². The van der Waals surface area contributed by atoms with Gasteiger partial charge in [0.05, 0.1) is 16.8 Å². The highest BCUT2D eigenvalue weighted by Gasteiger charge is 2.51. The number of carbonyl (C=O) groups excluding carboxylic acids is 2. The van der Waals surface area contributed by atoms with E-state index in [0.717, 1.165) is 6.07 Å². The van der Waals surface area contributed by atoms with Gasteiger partial charge in [-0.3, -0.25) is 9.59 Å². The lowest BCUT2D eigenvalue weighted by atomic mass is 10.1. The van der Waals surface area contributed by atoms with E-state index in [1.165, 1.54) is 36.9 Å². The van der Waals surface area contributed by atoms with Crippen LogP contribution in [0.4, 0.5) is 33.3 Å². The number of nitrogens with zero attached hydrogens (tertiary/aromatic N) is 2. The second-order valence-corrected chi connectivity index (χ2v) is 8.58. The van der Waals surface area contributed by atoms with Crippen LogP contribution in [0, 0.1) is 0 Å². The highest BCUT2D eigenvalue weighted by molar-refractivity contribution is 6.00. The quantitative estimate of drug-likeness (QED) is 0.300. The van der Waals surface area contributed by atoms with E-state index < -0.39 is 36.2 Å². The minimum atomic E-state index is -4.75. The number of carbonyl (C=O) groups is 2. The number of benzene rings is 2. The number of anilines is 2. The molecule has 0 saturated heterocycles. The molecule has 0 aliphatic heterocycles. The van der Waals surface area contributed by atoms with Crippen LogP contribution in [0.2, 0.25) is 0 Å². The van der Waals surface area contributed by atoms with Gasteiger partial charge in [0.15, 0.2) is 0 Å². The number of halogens is 6. The molecule has 1 aliphatic rings. The molecule has 0 unspecified atom stereocenters. The zero-order chi connectivity index (χ0) is 27.3. The van der Waals surface area contributed by atoms with Crippen molar-refractivity contribution in [2.45, 2.75) is 37.5 Å². The first-order valence-electron chi connectivity index (χ1n) is 11.4. The summed E-state index contributed by atoms with van der Waals surface area (Å²) in [6.07, 6.45) is -2.62. The van der Waals surface area contributed by atoms with Gasteiger partial charge in [0.25, 0.3) is 12.3 Å². The van der Waals surface area contributed by atoms with Gasteiger partial charge in [-0.05, 0) is 48.7 Å². The van der Waals surface area contributed by atoms with E-state index in [4.69, 9.17) is 4.74 Å². The molecule has 208 valence electrons. The Bertz CT molecular complexity index is 1290. The summed E-state index contributed by atoms with van der Waals surface area (Å²) in [5.41, 5.74) is -1.11. The average molecular weight is 572 g/mol. The van der Waals surface area contributed by atoms with E-state index in [9.17, 15) is 31.5 Å². The van der Waals surface area contributed by atoms with Crippen LogP contribution in [0.3, 0.4) is 0 Å². The Kier molecular flexibility index (Phi) is 9.28. The van der Waals surface area contributed by atoms with Crippen LogP contribution < -0.4 is 20.7 Å². The van der Waals surface area contributed by atoms with Crippen molar-refractivity contribution in [1.29, 1.82) is 0 Å². The summed E-state index contributed by atoms with van der Waals surface area (Å²) < 4.78 is 69.9. The van der Waals surface area contributed by atoms with Crippen molar-refractivity contribution in [3.8, 4) is 5.75 Å². The summed E-state index contributed by atoms with van der Waals surface area (Å²) in [6.45, 7) is -0.882. The van der Waals surface area contributed by atoms with Crippen molar-refractivity contribution >= 4 is 35.6 Å². The van der Waals surface area contributed by atoms with Crippen LogP contribution >= 0.6 is 12.4 Å². The summed E-state index contributed by atoms with van der Waals surface area (Å²) in [7, 11) is 0. The van der Waals surface area contributed by atoms with Crippen molar-refractivity contribution in [3.63, 3.8) is 0 Å². The minimum Gasteiger partial charge on any atom is -0.488 e. The third-order valence-electron chi connectivity index (χ3n) is 5.72. The second-order valence-electron chi connectivity index (χ2n) is 8.58. The average Bonchev–Trinajstić information content (AvgIpc) is 3.68. The van der Waals surface area contributed by atoms with E-state index >= 15 is 0 Å². The Labute approximate surface area is 225 Å². The van der Waals surface area contributed by atoms with Gasteiger partial charge in [-0.1, -0.05) is 12.1 Å². The first-order chi connectivity index (χ1) is 18.1. The Morgan fingerprint density at radius 3 is 2.28 bits per heavy atom. The molecule has 1 fully saturated rings. The van der Waals surface area contributed by atoms with Crippen LogP contribution in [-0.2, 0) is 17.5 Å². The number of amides is 2. The molecule has 0 bridgehead atoms. The van der Waals surface area contributed by atoms with Gasteiger partial charge in [0.1, 0.15) is 24.2 Å². The number of aromatic nitrogens is 2. The fraction of sp³-hybridized carbons (Fsp3) is 0.280. The predicted molar refractivity (Wildman–Crippen MR) is 133 cm³/mol. The lowest BCUT2D eigenvalue weighted by molar-refractivity contribution is -0.137. The van der Waals surface area contributed by atoms with Crippen LogP contribution in [0.1, 0.15) is 34.3 Å². The molecule has 4 rings (SSSR count). The molecule has 8 nitrogen and oxygen atoms in total. The first kappa shape index (κ1) is 29.6. The lowest BCUT2D eigenvalue weighted by Crippen LogP contribution is -2.48. The van der Waals surface area contributed by atoms with Crippen molar-refractivity contribution in [3.05, 3.63) is 77.9 Å². The van der Waals surface area contributed by atoms with Gasteiger partial charge in [-0.15, -0.1) is 12.4 Å². The highest BCUT2D eigenvalue weighted by Crippen LogP contribution is 2.39. The van der Waals surface area contributed by atoms with E-state index in [0.29, 0.717) is 30.2 Å². The summed E-state index contributed by atoms with van der Waals surface area (Å²) in [4.78, 5) is 32.6. The molecule has 0 radical (unpaired) electrons. The Morgan fingerprint density at radius 2 is 1.69 bits per heavy atom. The number of rotatable bonds is 10. The monoisotopic (exact) mass is 571 g/mol. The maximum atomic E-state index is 13.5. The zero-order valence-electron chi connectivity index (χ0n) is 20.1. The van der Waals surface area contributed by atoms with Gasteiger partial charge in [0.2, 0.25) is 5.91 Å². The van der Waals surface area contributed by atoms with Gasteiger partial charge in [-0.2, -0.15) is 13.2 Å². The molecule has 0 spiro atoms. The minimum absolute atomic E-state index is 0. The van der Waals surface area contributed by atoms with Crippen molar-refractivity contribution in [1.82, 2.24) is 20.6 Å². The molecule has 2 aromatic carbocycles. The van der Waals surface area contributed by atoms with E-state index in [1.54, 1.807) is 12.1 Å². The van der Waals surface area contributed by atoms with E-state index in [1.807, 2.05) is 0 Å². The van der Waals surface area contributed by atoms with E-state index in [-0.39, 0.29) is 41.9 Å². The maximum Gasteiger partial charge on any atom is 0.418 e. The zero-order valence-corrected chi connectivity index (χ0v) is 20.9. The second kappa shape index (κ2) is 12.2. The summed E-state index contributed by atoms with van der Waals surface area (Å²) in [5.74, 6) is -1.13. The third kappa shape index (κ3) is 7.76. The first-order valence-corrected chi connectivity index (χ1v) is 11.4. The molecule has 3 aromatic rings. The SMILES string of the molecule is Cl.O=C(NC1(C(=O)NCc2ccc(Nc3ccc(OCC(F)F)cc3C(F)(F)F)cc2)CC1)c1cncnc1.